The lowest BCUT2D eigenvalue weighted by Gasteiger charge is -2.23. The highest BCUT2D eigenvalue weighted by molar-refractivity contribution is 5.90. The lowest BCUT2D eigenvalue weighted by atomic mass is 10.0. The predicted octanol–water partition coefficient (Wildman–Crippen LogP) is 0.802. The fraction of sp³-hybridized carbons (Fsp3) is 0.529. The minimum atomic E-state index is -0.779. The molecule has 2 aliphatic heterocycles. The third-order valence-corrected chi connectivity index (χ3v) is 5.31. The topological polar surface area (TPSA) is 77.3 Å². The van der Waals surface area contributed by atoms with Crippen molar-refractivity contribution in [2.75, 3.05) is 19.6 Å². The van der Waals surface area contributed by atoms with Gasteiger partial charge in [-0.3, -0.25) is 14.6 Å². The number of nitrogens with zero attached hydrogens (tertiary/aromatic N) is 4. The SMILES string of the molecule is N#CC1(C(=O)N2C[C@H]3CN(Cc4ccncc4)C(=O)[C@@H]3C2)CC1. The van der Waals surface area contributed by atoms with Crippen molar-refractivity contribution in [3.63, 3.8) is 0 Å². The molecule has 1 saturated carbocycles. The van der Waals surface area contributed by atoms with Gasteiger partial charge < -0.3 is 9.80 Å². The summed E-state index contributed by atoms with van der Waals surface area (Å²) in [5.74, 6) is 0.157. The number of amides is 2. The van der Waals surface area contributed by atoms with Crippen LogP contribution < -0.4 is 0 Å². The molecule has 2 saturated heterocycles. The van der Waals surface area contributed by atoms with Gasteiger partial charge >= 0.3 is 0 Å². The van der Waals surface area contributed by atoms with Gasteiger partial charge in [-0.25, -0.2) is 0 Å². The van der Waals surface area contributed by atoms with Crippen LogP contribution >= 0.6 is 0 Å². The maximum atomic E-state index is 12.6. The number of hydrogen-bond donors (Lipinski definition) is 0. The van der Waals surface area contributed by atoms with Gasteiger partial charge in [-0.2, -0.15) is 5.26 Å². The van der Waals surface area contributed by atoms with Crippen LogP contribution in [-0.4, -0.2) is 46.2 Å². The van der Waals surface area contributed by atoms with E-state index in [1.54, 1.807) is 17.3 Å². The number of carbonyl (C=O) groups is 2. The Kier molecular flexibility index (Phi) is 3.12. The molecule has 0 unspecified atom stereocenters. The van der Waals surface area contributed by atoms with E-state index in [-0.39, 0.29) is 23.7 Å². The Morgan fingerprint density at radius 2 is 2.04 bits per heavy atom. The molecule has 2 amide bonds. The van der Waals surface area contributed by atoms with Gasteiger partial charge in [0.15, 0.2) is 0 Å². The van der Waals surface area contributed by atoms with Gasteiger partial charge in [0.05, 0.1) is 12.0 Å². The quantitative estimate of drug-likeness (QED) is 0.827. The molecule has 3 fully saturated rings. The van der Waals surface area contributed by atoms with Crippen molar-refractivity contribution in [1.82, 2.24) is 14.8 Å². The highest BCUT2D eigenvalue weighted by Gasteiger charge is 2.56. The molecule has 3 heterocycles. The van der Waals surface area contributed by atoms with Crippen molar-refractivity contribution in [3.05, 3.63) is 30.1 Å². The molecule has 1 aliphatic carbocycles. The number of aromatic nitrogens is 1. The second-order valence-electron chi connectivity index (χ2n) is 6.84. The standard InChI is InChI=1S/C17H18N4O2/c18-11-17(3-4-17)16(23)21-9-13-8-20(15(22)14(13)10-21)7-12-1-5-19-6-2-12/h1-2,5-6,13-14H,3-4,7-10H2/t13-,14-/m1/s1. The molecule has 2 atom stereocenters. The molecule has 4 rings (SSSR count). The Morgan fingerprint density at radius 3 is 2.65 bits per heavy atom. The predicted molar refractivity (Wildman–Crippen MR) is 80.5 cm³/mol. The van der Waals surface area contributed by atoms with E-state index in [0.29, 0.717) is 39.0 Å². The van der Waals surface area contributed by atoms with Gasteiger partial charge in [0.1, 0.15) is 5.41 Å². The van der Waals surface area contributed by atoms with E-state index < -0.39 is 5.41 Å². The molecule has 23 heavy (non-hydrogen) atoms. The highest BCUT2D eigenvalue weighted by Crippen LogP contribution is 2.48. The summed E-state index contributed by atoms with van der Waals surface area (Å²) in [6.07, 6.45) is 4.79. The zero-order valence-electron chi connectivity index (χ0n) is 12.8. The summed E-state index contributed by atoms with van der Waals surface area (Å²) < 4.78 is 0. The first kappa shape index (κ1) is 14.2. The average molecular weight is 310 g/mol. The van der Waals surface area contributed by atoms with Gasteiger partial charge in [0.2, 0.25) is 11.8 Å². The molecule has 0 radical (unpaired) electrons. The van der Waals surface area contributed by atoms with Gasteiger partial charge in [0.25, 0.3) is 0 Å². The van der Waals surface area contributed by atoms with Crippen LogP contribution in [0.2, 0.25) is 0 Å². The minimum absolute atomic E-state index is 0.0668. The normalized spacial score (nSPS) is 27.7. The molecule has 0 bridgehead atoms. The Balaban J connectivity index is 1.42. The van der Waals surface area contributed by atoms with Crippen LogP contribution in [0.4, 0.5) is 0 Å². The molecule has 6 heteroatoms. The van der Waals surface area contributed by atoms with E-state index in [0.717, 1.165) is 5.56 Å². The zero-order valence-corrected chi connectivity index (χ0v) is 12.8. The van der Waals surface area contributed by atoms with Crippen LogP contribution in [-0.2, 0) is 16.1 Å². The summed E-state index contributed by atoms with van der Waals surface area (Å²) in [6, 6.07) is 5.99. The summed E-state index contributed by atoms with van der Waals surface area (Å²) >= 11 is 0. The molecule has 3 aliphatic rings. The number of pyridine rings is 1. The lowest BCUT2D eigenvalue weighted by Crippen LogP contribution is -2.38. The van der Waals surface area contributed by atoms with E-state index >= 15 is 0 Å². The van der Waals surface area contributed by atoms with E-state index in [1.165, 1.54) is 0 Å². The second-order valence-corrected chi connectivity index (χ2v) is 6.84. The monoisotopic (exact) mass is 310 g/mol. The number of nitriles is 1. The van der Waals surface area contributed by atoms with Crippen LogP contribution in [0.3, 0.4) is 0 Å². The van der Waals surface area contributed by atoms with Crippen LogP contribution in [0.1, 0.15) is 18.4 Å². The largest absolute Gasteiger partial charge is 0.340 e. The molecule has 0 aromatic carbocycles. The molecule has 0 N–H and O–H groups in total. The van der Waals surface area contributed by atoms with Gasteiger partial charge in [-0.05, 0) is 30.5 Å². The van der Waals surface area contributed by atoms with E-state index in [4.69, 9.17) is 0 Å². The highest BCUT2D eigenvalue weighted by atomic mass is 16.2. The Morgan fingerprint density at radius 1 is 1.30 bits per heavy atom. The molecular formula is C17H18N4O2. The zero-order chi connectivity index (χ0) is 16.0. The van der Waals surface area contributed by atoms with E-state index in [1.807, 2.05) is 17.0 Å². The smallest absolute Gasteiger partial charge is 0.243 e. The first-order valence-corrected chi connectivity index (χ1v) is 8.01. The molecule has 118 valence electrons. The maximum Gasteiger partial charge on any atom is 0.243 e. The van der Waals surface area contributed by atoms with Crippen molar-refractivity contribution in [2.24, 2.45) is 17.3 Å². The van der Waals surface area contributed by atoms with Crippen molar-refractivity contribution in [2.45, 2.75) is 19.4 Å². The molecular weight excluding hydrogens is 292 g/mol. The molecule has 1 aromatic rings. The average Bonchev–Trinajstić information content (AvgIpc) is 3.19. The number of likely N-dealkylation sites (tertiary alicyclic amines) is 2. The summed E-state index contributed by atoms with van der Waals surface area (Å²) in [7, 11) is 0. The summed E-state index contributed by atoms with van der Waals surface area (Å²) in [5, 5.41) is 9.17. The third kappa shape index (κ3) is 2.27. The fourth-order valence-corrected chi connectivity index (χ4v) is 3.76. The van der Waals surface area contributed by atoms with E-state index in [9.17, 15) is 14.9 Å². The molecule has 0 spiro atoms. The van der Waals surface area contributed by atoms with Gasteiger partial charge in [0, 0.05) is 44.5 Å². The van der Waals surface area contributed by atoms with Crippen molar-refractivity contribution < 1.29 is 9.59 Å². The number of rotatable bonds is 3. The Labute approximate surface area is 134 Å². The van der Waals surface area contributed by atoms with Crippen molar-refractivity contribution >= 4 is 11.8 Å². The summed E-state index contributed by atoms with van der Waals surface area (Å²) in [4.78, 5) is 32.7. The van der Waals surface area contributed by atoms with Crippen LogP contribution in [0, 0.1) is 28.6 Å². The summed E-state index contributed by atoms with van der Waals surface area (Å²) in [5.41, 5.74) is 0.293. The second kappa shape index (κ2) is 5.05. The van der Waals surface area contributed by atoms with E-state index in [2.05, 4.69) is 11.1 Å². The van der Waals surface area contributed by atoms with Crippen molar-refractivity contribution in [3.8, 4) is 6.07 Å². The van der Waals surface area contributed by atoms with Crippen molar-refractivity contribution in [1.29, 1.82) is 5.26 Å². The molecule has 1 aromatic heterocycles. The van der Waals surface area contributed by atoms with Gasteiger partial charge in [-0.15, -0.1) is 0 Å². The van der Waals surface area contributed by atoms with Crippen LogP contribution in [0.5, 0.6) is 0 Å². The number of hydrogen-bond acceptors (Lipinski definition) is 4. The number of fused-ring (bicyclic) bond motifs is 1. The first-order chi connectivity index (χ1) is 11.1. The first-order valence-electron chi connectivity index (χ1n) is 8.01. The minimum Gasteiger partial charge on any atom is -0.340 e. The maximum absolute atomic E-state index is 12.6. The van der Waals surface area contributed by atoms with Crippen LogP contribution in [0.25, 0.3) is 0 Å². The van der Waals surface area contributed by atoms with Crippen LogP contribution in [0.15, 0.2) is 24.5 Å². The van der Waals surface area contributed by atoms with Gasteiger partial charge in [-0.1, -0.05) is 0 Å². The fourth-order valence-electron chi connectivity index (χ4n) is 3.76. The third-order valence-electron chi connectivity index (χ3n) is 5.31. The number of carbonyl (C=O) groups excluding carboxylic acids is 2. The lowest BCUT2D eigenvalue weighted by molar-refractivity contribution is -0.135. The Hall–Kier alpha value is -2.42. The summed E-state index contributed by atoms with van der Waals surface area (Å²) in [6.45, 7) is 2.36. The molecule has 6 nitrogen and oxygen atoms in total. The Bertz CT molecular complexity index is 692.